The number of hydrogen-bond donors (Lipinski definition) is 2. The highest BCUT2D eigenvalue weighted by Crippen LogP contribution is 2.21. The van der Waals surface area contributed by atoms with Gasteiger partial charge in [0.25, 0.3) is 0 Å². The number of fused-ring (bicyclic) bond motifs is 2. The van der Waals surface area contributed by atoms with Crippen LogP contribution in [0, 0.1) is 0 Å². The minimum absolute atomic E-state index is 0.104. The summed E-state index contributed by atoms with van der Waals surface area (Å²) >= 11 is 3.35. The maximum absolute atomic E-state index is 12.7. The molecule has 0 aliphatic rings. The third-order valence-electron chi connectivity index (χ3n) is 4.00. The number of phenols is 1. The van der Waals surface area contributed by atoms with Crippen LogP contribution in [0.2, 0.25) is 0 Å². The van der Waals surface area contributed by atoms with Crippen LogP contribution in [0.15, 0.2) is 57.1 Å². The van der Waals surface area contributed by atoms with Crippen molar-refractivity contribution in [3.63, 3.8) is 0 Å². The van der Waals surface area contributed by atoms with Gasteiger partial charge in [-0.05, 0) is 36.4 Å². The van der Waals surface area contributed by atoms with Crippen molar-refractivity contribution < 1.29 is 9.84 Å². The van der Waals surface area contributed by atoms with Crippen LogP contribution in [-0.4, -0.2) is 33.1 Å². The second-order valence-corrected chi connectivity index (χ2v) is 6.52. The predicted molar refractivity (Wildman–Crippen MR) is 103 cm³/mol. The van der Waals surface area contributed by atoms with Crippen LogP contribution in [-0.2, 0) is 0 Å². The number of nitrogens with one attached hydrogen (secondary N) is 1. The van der Waals surface area contributed by atoms with E-state index in [0.717, 1.165) is 4.47 Å². The summed E-state index contributed by atoms with van der Waals surface area (Å²) in [6, 6.07) is 10.3. The van der Waals surface area contributed by atoms with Crippen molar-refractivity contribution in [2.24, 2.45) is 5.10 Å². The normalized spacial score (nSPS) is 11.6. The molecule has 130 valence electrons. The number of halogens is 1. The highest BCUT2D eigenvalue weighted by atomic mass is 79.9. The summed E-state index contributed by atoms with van der Waals surface area (Å²) in [6.07, 6.45) is 2.95. The van der Waals surface area contributed by atoms with Gasteiger partial charge in [0, 0.05) is 10.0 Å². The van der Waals surface area contributed by atoms with Gasteiger partial charge in [0.1, 0.15) is 17.8 Å². The first kappa shape index (κ1) is 16.3. The van der Waals surface area contributed by atoms with Crippen LogP contribution in [0.25, 0.3) is 22.1 Å². The molecule has 0 spiro atoms. The van der Waals surface area contributed by atoms with Gasteiger partial charge in [0.05, 0.1) is 24.2 Å². The zero-order chi connectivity index (χ0) is 18.3. The third kappa shape index (κ3) is 2.74. The minimum atomic E-state index is -0.202. The number of pyridine rings is 1. The molecule has 0 atom stereocenters. The molecule has 0 amide bonds. The Morgan fingerprint density at radius 1 is 1.31 bits per heavy atom. The summed E-state index contributed by atoms with van der Waals surface area (Å²) in [7, 11) is 1.55. The van der Waals surface area contributed by atoms with E-state index >= 15 is 0 Å². The van der Waals surface area contributed by atoms with E-state index in [0.29, 0.717) is 27.9 Å². The summed E-state index contributed by atoms with van der Waals surface area (Å²) in [4.78, 5) is 20.0. The van der Waals surface area contributed by atoms with E-state index in [2.05, 4.69) is 31.0 Å². The Labute approximate surface area is 155 Å². The molecule has 4 aromatic rings. The lowest BCUT2D eigenvalue weighted by molar-refractivity contribution is 0.415. The van der Waals surface area contributed by atoms with E-state index in [1.165, 1.54) is 17.2 Å². The van der Waals surface area contributed by atoms with Crippen LogP contribution >= 0.6 is 15.9 Å². The Hall–Kier alpha value is -3.13. The van der Waals surface area contributed by atoms with Crippen LogP contribution < -0.4 is 10.2 Å². The van der Waals surface area contributed by atoms with Crippen LogP contribution in [0.4, 0.5) is 0 Å². The summed E-state index contributed by atoms with van der Waals surface area (Å²) in [5, 5.41) is 14.7. The van der Waals surface area contributed by atoms with Gasteiger partial charge in [-0.1, -0.05) is 15.9 Å². The quantitative estimate of drug-likeness (QED) is 0.505. The van der Waals surface area contributed by atoms with E-state index in [1.807, 2.05) is 0 Å². The fraction of sp³-hybridized carbons (Fsp3) is 0.0556. The van der Waals surface area contributed by atoms with Crippen molar-refractivity contribution in [1.29, 1.82) is 0 Å². The number of nitrogens with zero attached hydrogens (tertiary/aromatic N) is 3. The highest BCUT2D eigenvalue weighted by molar-refractivity contribution is 9.10. The first-order valence-corrected chi connectivity index (χ1v) is 8.46. The zero-order valence-corrected chi connectivity index (χ0v) is 15.2. The summed E-state index contributed by atoms with van der Waals surface area (Å²) in [5.74, 6) is 0.706. The lowest BCUT2D eigenvalue weighted by Crippen LogP contribution is -2.05. The number of H-pyrrole nitrogens is 1. The molecule has 0 bridgehead atoms. The van der Waals surface area contributed by atoms with Gasteiger partial charge < -0.3 is 14.8 Å². The SMILES string of the molecule is COc1ccc2[nH]c3c(ncn3N=Cc3cc(Br)ccc3O)c(=O)c2c1. The van der Waals surface area contributed by atoms with Crippen molar-refractivity contribution in [3.05, 3.63) is 63.0 Å². The van der Waals surface area contributed by atoms with Gasteiger partial charge in [-0.15, -0.1) is 0 Å². The monoisotopic (exact) mass is 412 g/mol. The van der Waals surface area contributed by atoms with Crippen molar-refractivity contribution in [1.82, 2.24) is 14.6 Å². The molecule has 0 aliphatic carbocycles. The average molecular weight is 413 g/mol. The Bertz CT molecular complexity index is 1230. The number of aromatic hydroxyl groups is 1. The van der Waals surface area contributed by atoms with Gasteiger partial charge in [-0.2, -0.15) is 5.10 Å². The maximum Gasteiger partial charge on any atom is 0.217 e. The molecule has 2 N–H and O–H groups in total. The molecule has 4 rings (SSSR count). The number of methoxy groups -OCH3 is 1. The number of rotatable bonds is 3. The molecular formula is C18H13BrN4O3. The van der Waals surface area contributed by atoms with Crippen LogP contribution in [0.1, 0.15) is 5.56 Å². The molecule has 26 heavy (non-hydrogen) atoms. The number of benzene rings is 2. The van der Waals surface area contributed by atoms with Gasteiger partial charge in [0.2, 0.25) is 5.43 Å². The fourth-order valence-corrected chi connectivity index (χ4v) is 3.04. The summed E-state index contributed by atoms with van der Waals surface area (Å²) in [5.41, 5.74) is 1.74. The van der Waals surface area contributed by atoms with Gasteiger partial charge in [-0.25, -0.2) is 9.66 Å². The average Bonchev–Trinajstić information content (AvgIpc) is 3.05. The van der Waals surface area contributed by atoms with Crippen molar-refractivity contribution in [2.45, 2.75) is 0 Å². The largest absolute Gasteiger partial charge is 0.507 e. The zero-order valence-electron chi connectivity index (χ0n) is 13.6. The molecule has 8 heteroatoms. The Kier molecular flexibility index (Phi) is 3.96. The van der Waals surface area contributed by atoms with E-state index in [4.69, 9.17) is 4.74 Å². The van der Waals surface area contributed by atoms with Crippen LogP contribution in [0.5, 0.6) is 11.5 Å². The van der Waals surface area contributed by atoms with Crippen molar-refractivity contribution >= 4 is 44.2 Å². The van der Waals surface area contributed by atoms with E-state index in [9.17, 15) is 9.90 Å². The summed E-state index contributed by atoms with van der Waals surface area (Å²) in [6.45, 7) is 0. The third-order valence-corrected chi connectivity index (χ3v) is 4.49. The number of phenolic OH excluding ortho intramolecular Hbond substituents is 1. The minimum Gasteiger partial charge on any atom is -0.507 e. The molecule has 0 unspecified atom stereocenters. The number of imidazole rings is 1. The predicted octanol–water partition coefficient (Wildman–Crippen LogP) is 3.24. The number of aromatic amines is 1. The standard InChI is InChI=1S/C18H13BrN4O3/c1-26-12-3-4-14-13(7-12)17(25)16-18(22-14)23(9-20-16)21-8-10-6-11(19)2-5-15(10)24/h2-9,24H,1H3,(H,22,25). The van der Waals surface area contributed by atoms with Crippen LogP contribution in [0.3, 0.4) is 0 Å². The second kappa shape index (κ2) is 6.30. The topological polar surface area (TPSA) is 92.5 Å². The molecule has 2 heterocycles. The maximum atomic E-state index is 12.7. The van der Waals surface area contributed by atoms with Crippen molar-refractivity contribution in [3.8, 4) is 11.5 Å². The van der Waals surface area contributed by atoms with Crippen molar-refractivity contribution in [2.75, 3.05) is 7.11 Å². The smallest absolute Gasteiger partial charge is 0.217 e. The Morgan fingerprint density at radius 2 is 2.15 bits per heavy atom. The van der Waals surface area contributed by atoms with Gasteiger partial charge in [-0.3, -0.25) is 4.79 Å². The molecule has 0 aliphatic heterocycles. The molecule has 2 aromatic heterocycles. The lowest BCUT2D eigenvalue weighted by Gasteiger charge is -2.03. The first-order valence-electron chi connectivity index (χ1n) is 7.67. The fourth-order valence-electron chi connectivity index (χ4n) is 2.67. The molecule has 0 fully saturated rings. The summed E-state index contributed by atoms with van der Waals surface area (Å²) < 4.78 is 7.45. The lowest BCUT2D eigenvalue weighted by atomic mass is 10.2. The molecule has 0 saturated carbocycles. The van der Waals surface area contributed by atoms with E-state index < -0.39 is 0 Å². The second-order valence-electron chi connectivity index (χ2n) is 5.60. The Morgan fingerprint density at radius 3 is 2.96 bits per heavy atom. The number of hydrogen-bond acceptors (Lipinski definition) is 5. The first-order chi connectivity index (χ1) is 12.6. The molecular weight excluding hydrogens is 400 g/mol. The Balaban J connectivity index is 1.85. The molecule has 2 aromatic carbocycles. The number of aromatic nitrogens is 3. The molecule has 0 saturated heterocycles. The molecule has 7 nitrogen and oxygen atoms in total. The van der Waals surface area contributed by atoms with Gasteiger partial charge >= 0.3 is 0 Å². The number of ether oxygens (including phenoxy) is 1. The van der Waals surface area contributed by atoms with E-state index in [1.54, 1.807) is 43.5 Å². The van der Waals surface area contributed by atoms with E-state index in [-0.39, 0.29) is 16.7 Å². The molecule has 0 radical (unpaired) electrons. The highest BCUT2D eigenvalue weighted by Gasteiger charge is 2.11. The van der Waals surface area contributed by atoms with Gasteiger partial charge in [0.15, 0.2) is 11.2 Å².